The zero-order valence-electron chi connectivity index (χ0n) is 8.21. The van der Waals surface area contributed by atoms with Crippen LogP contribution in [0.3, 0.4) is 0 Å². The third-order valence-corrected chi connectivity index (χ3v) is 1.70. The number of nitrogens with zero attached hydrogens (tertiary/aromatic N) is 1. The van der Waals surface area contributed by atoms with Crippen LogP contribution in [-0.4, -0.2) is 35.7 Å². The molecule has 0 atom stereocenters. The molecule has 0 aliphatic rings. The van der Waals surface area contributed by atoms with E-state index in [0.29, 0.717) is 16.1 Å². The van der Waals surface area contributed by atoms with Crippen LogP contribution in [0.5, 0.6) is 5.75 Å². The molecule has 0 amide bonds. The molecule has 1 aromatic rings. The largest absolute Gasteiger partial charge is 0.623 e. The summed E-state index contributed by atoms with van der Waals surface area (Å²) in [5, 5.41) is 19.4. The number of hydroxylamine groups is 1. The van der Waals surface area contributed by atoms with Gasteiger partial charge in [0.2, 0.25) is 6.54 Å². The van der Waals surface area contributed by atoms with Crippen molar-refractivity contribution in [2.75, 3.05) is 13.7 Å². The molecule has 0 fully saturated rings. The molecule has 0 bridgehead atoms. The van der Waals surface area contributed by atoms with Gasteiger partial charge in [-0.2, -0.15) is 4.74 Å². The zero-order valence-corrected chi connectivity index (χ0v) is 8.21. The average molecular weight is 209 g/mol. The molecule has 0 aromatic heterocycles. The molecule has 0 saturated carbocycles. The van der Waals surface area contributed by atoms with Crippen molar-refractivity contribution in [2.24, 2.45) is 0 Å². The van der Waals surface area contributed by atoms with Gasteiger partial charge in [0.1, 0.15) is 5.75 Å². The number of methoxy groups -OCH3 is 1. The highest BCUT2D eigenvalue weighted by Crippen LogP contribution is 2.09. The van der Waals surface area contributed by atoms with Gasteiger partial charge in [0.05, 0.1) is 7.11 Å². The number of hydrogen-bond acceptors (Lipinski definition) is 3. The highest BCUT2D eigenvalue weighted by molar-refractivity contribution is 5.77. The number of rotatable bonds is 4. The normalized spacial score (nSPS) is 11.1. The quantitative estimate of drug-likeness (QED) is 0.343. The van der Waals surface area contributed by atoms with Crippen LogP contribution in [0.25, 0.3) is 0 Å². The van der Waals surface area contributed by atoms with E-state index in [0.717, 1.165) is 0 Å². The van der Waals surface area contributed by atoms with Gasteiger partial charge < -0.3 is 15.1 Å². The van der Waals surface area contributed by atoms with E-state index in [2.05, 4.69) is 0 Å². The van der Waals surface area contributed by atoms with Crippen LogP contribution in [0.4, 0.5) is 0 Å². The van der Waals surface area contributed by atoms with Crippen molar-refractivity contribution in [1.82, 2.24) is 0 Å². The van der Waals surface area contributed by atoms with Gasteiger partial charge in [-0.3, -0.25) is 0 Å². The Morgan fingerprint density at radius 3 is 2.60 bits per heavy atom. The number of hydrogen-bond donors (Lipinski definition) is 1. The van der Waals surface area contributed by atoms with E-state index in [1.807, 2.05) is 0 Å². The maximum absolute atomic E-state index is 11.0. The van der Waals surface area contributed by atoms with Crippen molar-refractivity contribution in [3.8, 4) is 5.75 Å². The van der Waals surface area contributed by atoms with Gasteiger partial charge in [0.15, 0.2) is 6.21 Å². The number of ether oxygens (including phenoxy) is 1. The molecule has 0 saturated heterocycles. The first-order valence-corrected chi connectivity index (χ1v) is 4.26. The van der Waals surface area contributed by atoms with E-state index in [4.69, 9.17) is 9.84 Å². The Bertz CT molecular complexity index is 370. The van der Waals surface area contributed by atoms with Crippen LogP contribution in [0.1, 0.15) is 5.56 Å². The molecule has 5 nitrogen and oxygen atoms in total. The minimum Gasteiger partial charge on any atom is -0.623 e. The minimum atomic E-state index is -1.16. The molecule has 0 radical (unpaired) electrons. The van der Waals surface area contributed by atoms with Crippen LogP contribution >= 0.6 is 0 Å². The van der Waals surface area contributed by atoms with E-state index in [9.17, 15) is 10.0 Å². The van der Waals surface area contributed by atoms with Crippen molar-refractivity contribution < 1.29 is 19.4 Å². The van der Waals surface area contributed by atoms with Crippen molar-refractivity contribution in [3.05, 3.63) is 35.0 Å². The van der Waals surface area contributed by atoms with Crippen LogP contribution < -0.4 is 4.74 Å². The summed E-state index contributed by atoms with van der Waals surface area (Å²) in [4.78, 5) is 10.2. The lowest BCUT2D eigenvalue weighted by Crippen LogP contribution is -2.16. The first-order valence-electron chi connectivity index (χ1n) is 4.26. The highest BCUT2D eigenvalue weighted by Gasteiger charge is 2.02. The topological polar surface area (TPSA) is 72.6 Å². The summed E-state index contributed by atoms with van der Waals surface area (Å²) in [6.07, 6.45) is 1.22. The third kappa shape index (κ3) is 3.68. The standard InChI is InChI=1S/C10H11NO4/c1-15-9-4-2-8(3-5-9)6-11(14)7-10(12)13/h2-6H,7H2,1H3,(H,12,13)/b11-6-. The predicted molar refractivity (Wildman–Crippen MR) is 54.3 cm³/mol. The number of carbonyl (C=O) groups is 1. The number of carboxylic acids is 1. The van der Waals surface area contributed by atoms with Crippen LogP contribution in [-0.2, 0) is 4.79 Å². The number of aliphatic carboxylic acids is 1. The molecular formula is C10H11NO4. The molecule has 0 unspecified atom stereocenters. The summed E-state index contributed by atoms with van der Waals surface area (Å²) in [5.74, 6) is -0.474. The summed E-state index contributed by atoms with van der Waals surface area (Å²) >= 11 is 0. The average Bonchev–Trinajstić information content (AvgIpc) is 2.17. The van der Waals surface area contributed by atoms with E-state index in [1.54, 1.807) is 31.4 Å². The minimum absolute atomic E-state index is 0.365. The third-order valence-electron chi connectivity index (χ3n) is 1.70. The molecule has 80 valence electrons. The lowest BCUT2D eigenvalue weighted by atomic mass is 10.2. The van der Waals surface area contributed by atoms with Gasteiger partial charge in [0, 0.05) is 5.56 Å². The van der Waals surface area contributed by atoms with Gasteiger partial charge >= 0.3 is 5.97 Å². The second-order valence-corrected chi connectivity index (χ2v) is 2.87. The summed E-state index contributed by atoms with van der Waals surface area (Å²) in [7, 11) is 1.54. The molecule has 0 heterocycles. The van der Waals surface area contributed by atoms with Gasteiger partial charge in [-0.15, -0.1) is 0 Å². The van der Waals surface area contributed by atoms with Crippen molar-refractivity contribution in [1.29, 1.82) is 0 Å². The lowest BCUT2D eigenvalue weighted by Gasteiger charge is -2.01. The van der Waals surface area contributed by atoms with E-state index < -0.39 is 12.5 Å². The van der Waals surface area contributed by atoms with Crippen LogP contribution in [0.2, 0.25) is 0 Å². The SMILES string of the molecule is COc1ccc(/C=[N+](\[O-])CC(=O)O)cc1. The molecule has 1 N–H and O–H groups in total. The zero-order chi connectivity index (χ0) is 11.3. The fraction of sp³-hybridized carbons (Fsp3) is 0.200. The highest BCUT2D eigenvalue weighted by atomic mass is 16.5. The second kappa shape index (κ2) is 4.99. The van der Waals surface area contributed by atoms with Gasteiger partial charge in [0.25, 0.3) is 0 Å². The monoisotopic (exact) mass is 209 g/mol. The van der Waals surface area contributed by atoms with Crippen LogP contribution in [0.15, 0.2) is 24.3 Å². The van der Waals surface area contributed by atoms with E-state index in [-0.39, 0.29) is 0 Å². The maximum Gasteiger partial charge on any atom is 0.371 e. The Morgan fingerprint density at radius 1 is 1.53 bits per heavy atom. The van der Waals surface area contributed by atoms with E-state index in [1.165, 1.54) is 6.21 Å². The molecule has 1 aromatic carbocycles. The number of benzene rings is 1. The molecule has 5 heteroatoms. The fourth-order valence-corrected chi connectivity index (χ4v) is 1.04. The molecule has 0 aliphatic heterocycles. The first kappa shape index (κ1) is 11.0. The molecule has 0 spiro atoms. The summed E-state index contributed by atoms with van der Waals surface area (Å²) in [6.45, 7) is -0.563. The van der Waals surface area contributed by atoms with Crippen LogP contribution in [0, 0.1) is 5.21 Å². The smallest absolute Gasteiger partial charge is 0.371 e. The Labute approximate surface area is 86.8 Å². The molecule has 0 aliphatic carbocycles. The maximum atomic E-state index is 11.0. The summed E-state index contributed by atoms with van der Waals surface area (Å²) in [5.41, 5.74) is 0.632. The second-order valence-electron chi connectivity index (χ2n) is 2.87. The Kier molecular flexibility index (Phi) is 3.68. The van der Waals surface area contributed by atoms with Gasteiger partial charge in [-0.05, 0) is 24.3 Å². The molecular weight excluding hydrogens is 198 g/mol. The molecule has 15 heavy (non-hydrogen) atoms. The Balaban J connectivity index is 2.75. The predicted octanol–water partition coefficient (Wildman–Crippen LogP) is 0.709. The summed E-state index contributed by atoms with van der Waals surface area (Å²) in [6, 6.07) is 6.73. The van der Waals surface area contributed by atoms with Gasteiger partial charge in [-0.25, -0.2) is 4.79 Å². The first-order chi connectivity index (χ1) is 7.11. The number of carboxylic acid groups (broad SMARTS) is 1. The molecule has 1 rings (SSSR count). The van der Waals surface area contributed by atoms with Crippen molar-refractivity contribution >= 4 is 12.2 Å². The fourth-order valence-electron chi connectivity index (χ4n) is 1.04. The lowest BCUT2D eigenvalue weighted by molar-refractivity contribution is -0.442. The van der Waals surface area contributed by atoms with Crippen molar-refractivity contribution in [3.63, 3.8) is 0 Å². The van der Waals surface area contributed by atoms with Gasteiger partial charge in [-0.1, -0.05) is 0 Å². The summed E-state index contributed by atoms with van der Waals surface area (Å²) < 4.78 is 5.30. The Hall–Kier alpha value is -2.04. The van der Waals surface area contributed by atoms with E-state index >= 15 is 0 Å². The van der Waals surface area contributed by atoms with Crippen molar-refractivity contribution in [2.45, 2.75) is 0 Å². The Morgan fingerprint density at radius 2 is 2.13 bits per heavy atom.